The Labute approximate surface area is 127 Å². The van der Waals surface area contributed by atoms with E-state index in [-0.39, 0.29) is 5.56 Å². The number of hydrogen-bond acceptors (Lipinski definition) is 1. The van der Waals surface area contributed by atoms with Gasteiger partial charge in [0.25, 0.3) is 0 Å². The van der Waals surface area contributed by atoms with Gasteiger partial charge in [-0.05, 0) is 40.7 Å². The normalized spacial score (nSPS) is 12.5. The van der Waals surface area contributed by atoms with Crippen molar-refractivity contribution in [1.82, 2.24) is 5.32 Å². The third-order valence-corrected chi connectivity index (χ3v) is 4.13. The Bertz CT molecular complexity index is 625. The standard InChI is InChI=1S/C14H10BrClF3N/c1-20-14(7-2-3-9(15)10(16)4-7)13-11(18)5-8(17)6-12(13)19/h2-6,14,20H,1H3. The van der Waals surface area contributed by atoms with Crippen LogP contribution in [-0.2, 0) is 0 Å². The number of nitrogens with one attached hydrogen (secondary N) is 1. The van der Waals surface area contributed by atoms with Crippen molar-refractivity contribution in [2.24, 2.45) is 0 Å². The fourth-order valence-electron chi connectivity index (χ4n) is 2.00. The van der Waals surface area contributed by atoms with Gasteiger partial charge in [-0.2, -0.15) is 0 Å². The van der Waals surface area contributed by atoms with Crippen LogP contribution in [0.4, 0.5) is 13.2 Å². The SMILES string of the molecule is CNC(c1ccc(Br)c(Cl)c1)c1c(F)cc(F)cc1F. The van der Waals surface area contributed by atoms with Crippen molar-refractivity contribution in [2.75, 3.05) is 7.05 Å². The number of benzene rings is 2. The summed E-state index contributed by atoms with van der Waals surface area (Å²) in [6.45, 7) is 0. The number of halogens is 5. The van der Waals surface area contributed by atoms with Crippen LogP contribution >= 0.6 is 27.5 Å². The van der Waals surface area contributed by atoms with Gasteiger partial charge < -0.3 is 5.32 Å². The molecule has 0 saturated heterocycles. The van der Waals surface area contributed by atoms with Gasteiger partial charge >= 0.3 is 0 Å². The molecular formula is C14H10BrClF3N. The summed E-state index contributed by atoms with van der Waals surface area (Å²) in [6, 6.07) is 5.50. The quantitative estimate of drug-likeness (QED) is 0.823. The Morgan fingerprint density at radius 1 is 1.10 bits per heavy atom. The first-order valence-electron chi connectivity index (χ1n) is 5.70. The second-order valence-corrected chi connectivity index (χ2v) is 5.44. The van der Waals surface area contributed by atoms with Crippen LogP contribution in [0.5, 0.6) is 0 Å². The van der Waals surface area contributed by atoms with Crippen molar-refractivity contribution in [3.05, 3.63) is 68.4 Å². The van der Waals surface area contributed by atoms with Crippen molar-refractivity contribution < 1.29 is 13.2 Å². The Balaban J connectivity index is 2.55. The zero-order valence-electron chi connectivity index (χ0n) is 10.4. The second kappa shape index (κ2) is 6.16. The smallest absolute Gasteiger partial charge is 0.134 e. The van der Waals surface area contributed by atoms with Gasteiger partial charge in [0.15, 0.2) is 0 Å². The average molecular weight is 365 g/mol. The van der Waals surface area contributed by atoms with Gasteiger partial charge in [0.2, 0.25) is 0 Å². The molecule has 0 spiro atoms. The van der Waals surface area contributed by atoms with Crippen LogP contribution in [0.3, 0.4) is 0 Å². The van der Waals surface area contributed by atoms with E-state index in [4.69, 9.17) is 11.6 Å². The maximum absolute atomic E-state index is 13.9. The van der Waals surface area contributed by atoms with Crippen LogP contribution in [-0.4, -0.2) is 7.05 Å². The molecule has 2 aromatic rings. The van der Waals surface area contributed by atoms with Crippen molar-refractivity contribution >= 4 is 27.5 Å². The first-order chi connectivity index (χ1) is 9.43. The molecule has 106 valence electrons. The van der Waals surface area contributed by atoms with Gasteiger partial charge in [0.1, 0.15) is 17.5 Å². The molecule has 0 amide bonds. The van der Waals surface area contributed by atoms with Crippen molar-refractivity contribution in [1.29, 1.82) is 0 Å². The molecule has 0 heterocycles. The summed E-state index contributed by atoms with van der Waals surface area (Å²) in [6.07, 6.45) is 0. The number of hydrogen-bond donors (Lipinski definition) is 1. The summed E-state index contributed by atoms with van der Waals surface area (Å²) in [7, 11) is 1.56. The van der Waals surface area contributed by atoms with E-state index in [1.807, 2.05) is 0 Å². The Morgan fingerprint density at radius 3 is 2.20 bits per heavy atom. The lowest BCUT2D eigenvalue weighted by Crippen LogP contribution is -2.20. The van der Waals surface area contributed by atoms with E-state index < -0.39 is 23.5 Å². The van der Waals surface area contributed by atoms with Crippen molar-refractivity contribution in [2.45, 2.75) is 6.04 Å². The summed E-state index contributed by atoms with van der Waals surface area (Å²) in [5, 5.41) is 3.23. The minimum Gasteiger partial charge on any atom is -0.309 e. The highest BCUT2D eigenvalue weighted by Gasteiger charge is 2.22. The second-order valence-electron chi connectivity index (χ2n) is 4.18. The van der Waals surface area contributed by atoms with E-state index in [9.17, 15) is 13.2 Å². The molecule has 1 N–H and O–H groups in total. The Hall–Kier alpha value is -1.04. The molecule has 2 rings (SSSR count). The molecule has 0 aliphatic rings. The van der Waals surface area contributed by atoms with Gasteiger partial charge in [0.05, 0.1) is 11.1 Å². The maximum atomic E-state index is 13.9. The third-order valence-electron chi connectivity index (χ3n) is 2.90. The van der Waals surface area contributed by atoms with Gasteiger partial charge in [-0.1, -0.05) is 17.7 Å². The molecule has 0 saturated carbocycles. The molecule has 0 fully saturated rings. The molecule has 0 bridgehead atoms. The summed E-state index contributed by atoms with van der Waals surface area (Å²) in [5.41, 5.74) is 0.331. The largest absolute Gasteiger partial charge is 0.309 e. The minimum atomic E-state index is -0.951. The van der Waals surface area contributed by atoms with E-state index in [1.165, 1.54) is 0 Å². The highest BCUT2D eigenvalue weighted by molar-refractivity contribution is 9.10. The van der Waals surface area contributed by atoms with E-state index in [1.54, 1.807) is 25.2 Å². The zero-order chi connectivity index (χ0) is 14.9. The first kappa shape index (κ1) is 15.4. The van der Waals surface area contributed by atoms with Crippen LogP contribution in [0.1, 0.15) is 17.2 Å². The summed E-state index contributed by atoms with van der Waals surface area (Å²) in [5.74, 6) is -2.84. The predicted octanol–water partition coefficient (Wildman–Crippen LogP) is 4.83. The molecule has 0 radical (unpaired) electrons. The van der Waals surface area contributed by atoms with Gasteiger partial charge in [0, 0.05) is 22.2 Å². The lowest BCUT2D eigenvalue weighted by atomic mass is 9.97. The molecule has 0 aliphatic carbocycles. The van der Waals surface area contributed by atoms with E-state index in [2.05, 4.69) is 21.2 Å². The molecule has 20 heavy (non-hydrogen) atoms. The molecule has 0 aliphatic heterocycles. The van der Waals surface area contributed by atoms with Crippen molar-refractivity contribution in [3.63, 3.8) is 0 Å². The average Bonchev–Trinajstić information content (AvgIpc) is 2.37. The van der Waals surface area contributed by atoms with Crippen LogP contribution < -0.4 is 5.32 Å². The summed E-state index contributed by atoms with van der Waals surface area (Å²) in [4.78, 5) is 0. The first-order valence-corrected chi connectivity index (χ1v) is 6.87. The monoisotopic (exact) mass is 363 g/mol. The van der Waals surface area contributed by atoms with E-state index in [0.29, 0.717) is 27.2 Å². The molecule has 1 unspecified atom stereocenters. The molecule has 2 aromatic carbocycles. The molecule has 6 heteroatoms. The zero-order valence-corrected chi connectivity index (χ0v) is 12.7. The molecule has 0 aromatic heterocycles. The van der Waals surface area contributed by atoms with Gasteiger partial charge in [-0.25, -0.2) is 13.2 Å². The summed E-state index contributed by atoms with van der Waals surface area (Å²) >= 11 is 9.23. The van der Waals surface area contributed by atoms with Gasteiger partial charge in [-0.3, -0.25) is 0 Å². The maximum Gasteiger partial charge on any atom is 0.134 e. The highest BCUT2D eigenvalue weighted by Crippen LogP contribution is 2.31. The van der Waals surface area contributed by atoms with Crippen LogP contribution in [0, 0.1) is 17.5 Å². The lowest BCUT2D eigenvalue weighted by Gasteiger charge is -2.19. The molecular weight excluding hydrogens is 355 g/mol. The molecule has 1 nitrogen and oxygen atoms in total. The van der Waals surface area contributed by atoms with Crippen LogP contribution in [0.25, 0.3) is 0 Å². The van der Waals surface area contributed by atoms with E-state index >= 15 is 0 Å². The third kappa shape index (κ3) is 3.00. The van der Waals surface area contributed by atoms with Crippen LogP contribution in [0.15, 0.2) is 34.8 Å². The fourth-order valence-corrected chi connectivity index (χ4v) is 2.43. The van der Waals surface area contributed by atoms with Gasteiger partial charge in [-0.15, -0.1) is 0 Å². The summed E-state index contributed by atoms with van der Waals surface area (Å²) < 4.78 is 41.3. The molecule has 1 atom stereocenters. The van der Waals surface area contributed by atoms with E-state index in [0.717, 1.165) is 0 Å². The van der Waals surface area contributed by atoms with Crippen LogP contribution in [0.2, 0.25) is 5.02 Å². The van der Waals surface area contributed by atoms with Crippen molar-refractivity contribution in [3.8, 4) is 0 Å². The topological polar surface area (TPSA) is 12.0 Å². The lowest BCUT2D eigenvalue weighted by molar-refractivity contribution is 0.500. The minimum absolute atomic E-state index is 0.243. The fraction of sp³-hybridized carbons (Fsp3) is 0.143. The Kier molecular flexibility index (Phi) is 4.73. The predicted molar refractivity (Wildman–Crippen MR) is 76.4 cm³/mol. The Morgan fingerprint density at radius 2 is 1.70 bits per heavy atom. The highest BCUT2D eigenvalue weighted by atomic mass is 79.9. The number of rotatable bonds is 3.